The maximum atomic E-state index is 10.5. The van der Waals surface area contributed by atoms with Gasteiger partial charge in [-0.05, 0) is 6.42 Å². The third-order valence-corrected chi connectivity index (χ3v) is 5.84. The monoisotopic (exact) mass is 383 g/mol. The van der Waals surface area contributed by atoms with Gasteiger partial charge in [-0.15, -0.1) is 0 Å². The van der Waals surface area contributed by atoms with Crippen molar-refractivity contribution in [2.24, 2.45) is 0 Å². The van der Waals surface area contributed by atoms with Gasteiger partial charge in [0, 0.05) is 18.3 Å². The summed E-state index contributed by atoms with van der Waals surface area (Å²) in [6.45, 7) is 4.00. The van der Waals surface area contributed by atoms with Crippen molar-refractivity contribution < 1.29 is 4.92 Å². The molecule has 0 fully saturated rings. The maximum absolute atomic E-state index is 10.5. The molecule has 0 heterocycles. The number of rotatable bonds is 22. The average Bonchev–Trinajstić information content (AvgIpc) is 2.66. The molecule has 0 N–H and O–H groups in total. The first kappa shape index (κ1) is 26.4. The summed E-state index contributed by atoms with van der Waals surface area (Å²) in [4.78, 5) is 10.4. The Kier molecular flexibility index (Phi) is 21.2. The van der Waals surface area contributed by atoms with Crippen LogP contribution in [-0.2, 0) is 0 Å². The largest absolute Gasteiger partial charge is 0.264 e. The second-order valence-corrected chi connectivity index (χ2v) is 8.64. The molecular formula is C24H49NO2. The van der Waals surface area contributed by atoms with Gasteiger partial charge in [-0.25, -0.2) is 0 Å². The Hall–Kier alpha value is -0.600. The summed E-state index contributed by atoms with van der Waals surface area (Å²) in [7, 11) is 0. The molecule has 0 aliphatic carbocycles. The Bertz CT molecular complexity index is 307. The van der Waals surface area contributed by atoms with Crippen molar-refractivity contribution in [3.8, 4) is 0 Å². The van der Waals surface area contributed by atoms with Gasteiger partial charge in [-0.3, -0.25) is 10.1 Å². The second-order valence-electron chi connectivity index (χ2n) is 8.64. The molecule has 3 heteroatoms. The van der Waals surface area contributed by atoms with Crippen LogP contribution < -0.4 is 0 Å². The van der Waals surface area contributed by atoms with Gasteiger partial charge in [0.2, 0.25) is 6.04 Å². The minimum absolute atomic E-state index is 0.157. The zero-order chi connectivity index (χ0) is 20.0. The lowest BCUT2D eigenvalue weighted by molar-refractivity contribution is -0.519. The molecule has 0 spiro atoms. The summed E-state index contributed by atoms with van der Waals surface area (Å²) in [5.74, 6) is 0. The molecule has 0 aromatic carbocycles. The molecule has 0 bridgehead atoms. The second kappa shape index (κ2) is 21.7. The van der Waals surface area contributed by atoms with Crippen LogP contribution in [0.25, 0.3) is 0 Å². The molecule has 0 rings (SSSR count). The highest BCUT2D eigenvalue weighted by atomic mass is 16.6. The maximum Gasteiger partial charge on any atom is 0.210 e. The van der Waals surface area contributed by atoms with Crippen molar-refractivity contribution >= 4 is 0 Å². The van der Waals surface area contributed by atoms with Gasteiger partial charge >= 0.3 is 0 Å². The van der Waals surface area contributed by atoms with Gasteiger partial charge in [-0.1, -0.05) is 129 Å². The molecule has 0 saturated heterocycles. The van der Waals surface area contributed by atoms with E-state index >= 15 is 0 Å². The summed E-state index contributed by atoms with van der Waals surface area (Å²) >= 11 is 0. The van der Waals surface area contributed by atoms with Gasteiger partial charge in [-0.2, -0.15) is 0 Å². The minimum Gasteiger partial charge on any atom is -0.264 e. The Morgan fingerprint density at radius 1 is 0.556 bits per heavy atom. The van der Waals surface area contributed by atoms with Crippen LogP contribution in [-0.4, -0.2) is 11.0 Å². The smallest absolute Gasteiger partial charge is 0.210 e. The molecule has 0 aliphatic rings. The highest BCUT2D eigenvalue weighted by molar-refractivity contribution is 4.52. The van der Waals surface area contributed by atoms with Crippen LogP contribution >= 0.6 is 0 Å². The van der Waals surface area contributed by atoms with Gasteiger partial charge in [0.25, 0.3) is 0 Å². The van der Waals surface area contributed by atoms with E-state index in [1.54, 1.807) is 6.92 Å². The van der Waals surface area contributed by atoms with Crippen LogP contribution in [0.4, 0.5) is 0 Å². The third-order valence-electron chi connectivity index (χ3n) is 5.84. The highest BCUT2D eigenvalue weighted by Crippen LogP contribution is 2.15. The molecule has 0 saturated carbocycles. The SMILES string of the molecule is CCCCCCCCCCCCCCCCCCCCCCC(C)[N+](=O)[O-]. The number of nitro groups is 1. The fourth-order valence-corrected chi connectivity index (χ4v) is 3.80. The molecule has 0 aromatic heterocycles. The van der Waals surface area contributed by atoms with Crippen molar-refractivity contribution in [1.82, 2.24) is 0 Å². The van der Waals surface area contributed by atoms with Crippen molar-refractivity contribution in [2.45, 2.75) is 155 Å². The number of unbranched alkanes of at least 4 members (excludes halogenated alkanes) is 19. The average molecular weight is 384 g/mol. The summed E-state index contributed by atoms with van der Waals surface area (Å²) in [5.41, 5.74) is 0. The Morgan fingerprint density at radius 3 is 1.07 bits per heavy atom. The summed E-state index contributed by atoms with van der Waals surface area (Å²) in [6, 6.07) is -0.361. The van der Waals surface area contributed by atoms with E-state index in [2.05, 4.69) is 6.92 Å². The van der Waals surface area contributed by atoms with Gasteiger partial charge in [0.05, 0.1) is 0 Å². The van der Waals surface area contributed by atoms with Crippen LogP contribution in [0.15, 0.2) is 0 Å². The molecule has 0 radical (unpaired) electrons. The van der Waals surface area contributed by atoms with E-state index in [4.69, 9.17) is 0 Å². The number of hydrogen-bond acceptors (Lipinski definition) is 2. The quantitative estimate of drug-likeness (QED) is 0.106. The van der Waals surface area contributed by atoms with Gasteiger partial charge in [0.1, 0.15) is 0 Å². The third kappa shape index (κ3) is 21.6. The summed E-state index contributed by atoms with van der Waals surface area (Å²) < 4.78 is 0. The first-order valence-corrected chi connectivity index (χ1v) is 12.3. The van der Waals surface area contributed by atoms with Gasteiger partial charge in [0.15, 0.2) is 0 Å². The fourth-order valence-electron chi connectivity index (χ4n) is 3.80. The molecule has 0 amide bonds. The number of nitrogens with zero attached hydrogens (tertiary/aromatic N) is 1. The van der Waals surface area contributed by atoms with E-state index in [0.29, 0.717) is 0 Å². The van der Waals surface area contributed by atoms with Crippen LogP contribution in [0.3, 0.4) is 0 Å². The molecular weight excluding hydrogens is 334 g/mol. The fraction of sp³-hybridized carbons (Fsp3) is 1.00. The predicted octanol–water partition coefficient (Wildman–Crippen LogP) is 8.86. The molecule has 3 nitrogen and oxygen atoms in total. The summed E-state index contributed by atoms with van der Waals surface area (Å²) in [5, 5.41) is 10.5. The van der Waals surface area contributed by atoms with E-state index in [-0.39, 0.29) is 11.0 Å². The lowest BCUT2D eigenvalue weighted by Gasteiger charge is -2.05. The predicted molar refractivity (Wildman–Crippen MR) is 119 cm³/mol. The molecule has 0 aliphatic heterocycles. The first-order valence-electron chi connectivity index (χ1n) is 12.3. The van der Waals surface area contributed by atoms with Crippen LogP contribution in [0.5, 0.6) is 0 Å². The molecule has 1 atom stereocenters. The van der Waals surface area contributed by atoms with E-state index < -0.39 is 0 Å². The molecule has 162 valence electrons. The lowest BCUT2D eigenvalue weighted by atomic mass is 10.0. The van der Waals surface area contributed by atoms with E-state index in [1.165, 1.54) is 116 Å². The van der Waals surface area contributed by atoms with E-state index in [1.807, 2.05) is 0 Å². The normalized spacial score (nSPS) is 12.4. The summed E-state index contributed by atoms with van der Waals surface area (Å²) in [6.07, 6.45) is 28.3. The Balaban J connectivity index is 3.04. The highest BCUT2D eigenvalue weighted by Gasteiger charge is 2.10. The Morgan fingerprint density at radius 2 is 0.815 bits per heavy atom. The minimum atomic E-state index is -0.361. The number of hydrogen-bond donors (Lipinski definition) is 0. The molecule has 1 unspecified atom stereocenters. The standard InChI is InChI=1S/C24H49NO2/c1-3-4-5-6-7-8-9-10-11-12-13-14-15-16-17-18-19-20-21-22-23-24(2)25(26)27/h24H,3-23H2,1-2H3. The lowest BCUT2D eigenvalue weighted by Crippen LogP contribution is -2.14. The van der Waals surface area contributed by atoms with Crippen molar-refractivity contribution in [2.75, 3.05) is 0 Å². The van der Waals surface area contributed by atoms with Gasteiger partial charge < -0.3 is 0 Å². The van der Waals surface area contributed by atoms with E-state index in [9.17, 15) is 10.1 Å². The first-order chi connectivity index (χ1) is 13.2. The zero-order valence-corrected chi connectivity index (χ0v) is 18.7. The van der Waals surface area contributed by atoms with Crippen molar-refractivity contribution in [1.29, 1.82) is 0 Å². The Labute approximate surface area is 170 Å². The zero-order valence-electron chi connectivity index (χ0n) is 18.7. The van der Waals surface area contributed by atoms with Crippen molar-refractivity contribution in [3.05, 3.63) is 10.1 Å². The van der Waals surface area contributed by atoms with Crippen LogP contribution in [0.2, 0.25) is 0 Å². The van der Waals surface area contributed by atoms with Crippen LogP contribution in [0, 0.1) is 10.1 Å². The molecule has 27 heavy (non-hydrogen) atoms. The van der Waals surface area contributed by atoms with E-state index in [0.717, 1.165) is 19.3 Å². The van der Waals surface area contributed by atoms with Crippen LogP contribution in [0.1, 0.15) is 149 Å². The topological polar surface area (TPSA) is 43.1 Å². The van der Waals surface area contributed by atoms with Crippen molar-refractivity contribution in [3.63, 3.8) is 0 Å². The molecule has 0 aromatic rings.